The van der Waals surface area contributed by atoms with Crippen LogP contribution in [0, 0.1) is 29.6 Å². The molecule has 3 N–H and O–H groups in total. The number of pyridine rings is 1. The number of aromatic nitrogens is 1. The van der Waals surface area contributed by atoms with Gasteiger partial charge >= 0.3 is 6.03 Å². The highest BCUT2D eigenvalue weighted by Gasteiger charge is 2.17. The zero-order valence-corrected chi connectivity index (χ0v) is 28.3. The van der Waals surface area contributed by atoms with Crippen molar-refractivity contribution in [2.24, 2.45) is 0 Å². The number of nitrogens with zero attached hydrogens (tertiary/aromatic N) is 3. The van der Waals surface area contributed by atoms with Gasteiger partial charge in [-0.05, 0) is 54.1 Å². The van der Waals surface area contributed by atoms with E-state index in [9.17, 15) is 15.3 Å². The maximum absolute atomic E-state index is 12.0. The van der Waals surface area contributed by atoms with Crippen molar-refractivity contribution in [3.05, 3.63) is 100 Å². The Morgan fingerprint density at radius 2 is 1.71 bits per heavy atom. The van der Waals surface area contributed by atoms with Crippen LogP contribution in [0.5, 0.6) is 23.0 Å². The summed E-state index contributed by atoms with van der Waals surface area (Å²) >= 11 is 1.67. The molecule has 1 aliphatic rings. The van der Waals surface area contributed by atoms with Crippen molar-refractivity contribution < 1.29 is 23.7 Å². The molecule has 0 saturated carbocycles. The maximum Gasteiger partial charge on any atom is 0.314 e. The average molecular weight is 679 g/mol. The molecule has 12 heteroatoms. The molecular weight excluding hydrogens is 641 g/mol. The van der Waals surface area contributed by atoms with Crippen LogP contribution in [0.2, 0.25) is 0 Å². The standard InChI is InChI=1S/C37H38N6O5S/c1-25-14-30(22-40-8-9-42-37(44)43-10-13-49-2)35(47-23-27-15-26(18-38)20-41-21-27)17-34(25)48-24-29-4-3-5-31(32(29)19-39)28-6-7-33-36(16-28)46-12-11-45-33/h3-7,14-17,20-21,40H,8-13,22-24H2,1-2H3,(H2,42,43,44). The molecule has 0 spiro atoms. The van der Waals surface area contributed by atoms with Gasteiger partial charge in [0.25, 0.3) is 0 Å². The van der Waals surface area contributed by atoms with E-state index < -0.39 is 0 Å². The van der Waals surface area contributed by atoms with E-state index in [4.69, 9.17) is 18.9 Å². The fourth-order valence-corrected chi connectivity index (χ4v) is 5.53. The van der Waals surface area contributed by atoms with Gasteiger partial charge in [-0.1, -0.05) is 24.3 Å². The predicted molar refractivity (Wildman–Crippen MR) is 188 cm³/mol. The first kappa shape index (κ1) is 34.9. The molecule has 2 heterocycles. The van der Waals surface area contributed by atoms with E-state index in [2.05, 4.69) is 33.1 Å². The summed E-state index contributed by atoms with van der Waals surface area (Å²) in [6.45, 7) is 5.42. The van der Waals surface area contributed by atoms with Crippen molar-refractivity contribution in [2.75, 3.05) is 44.9 Å². The van der Waals surface area contributed by atoms with Crippen LogP contribution in [0.15, 0.2) is 67.0 Å². The van der Waals surface area contributed by atoms with Gasteiger partial charge in [-0.25, -0.2) is 4.79 Å². The van der Waals surface area contributed by atoms with Crippen molar-refractivity contribution in [1.82, 2.24) is 20.9 Å². The SMILES string of the molecule is CSCCNC(=O)NCCNCc1cc(C)c(OCc2cccc(-c3ccc4c(c3)OCCO4)c2C#N)cc1OCc1cncc(C#N)c1. The number of carbonyl (C=O) groups is 1. The highest BCUT2D eigenvalue weighted by atomic mass is 32.2. The predicted octanol–water partition coefficient (Wildman–Crippen LogP) is 5.48. The van der Waals surface area contributed by atoms with Gasteiger partial charge in [0.1, 0.15) is 50.1 Å². The maximum atomic E-state index is 12.0. The van der Waals surface area contributed by atoms with Gasteiger partial charge in [0.05, 0.1) is 11.1 Å². The van der Waals surface area contributed by atoms with Crippen molar-refractivity contribution in [2.45, 2.75) is 26.7 Å². The van der Waals surface area contributed by atoms with Gasteiger partial charge in [0.15, 0.2) is 11.5 Å². The first-order valence-corrected chi connectivity index (χ1v) is 17.2. The Bertz CT molecular complexity index is 1850. The molecule has 0 saturated heterocycles. The summed E-state index contributed by atoms with van der Waals surface area (Å²) in [4.78, 5) is 16.1. The summed E-state index contributed by atoms with van der Waals surface area (Å²) in [5, 5.41) is 28.5. The Morgan fingerprint density at radius 3 is 2.53 bits per heavy atom. The second-order valence-corrected chi connectivity index (χ2v) is 12.1. The van der Waals surface area contributed by atoms with Crippen LogP contribution in [0.3, 0.4) is 0 Å². The molecule has 0 atom stereocenters. The number of hydrogen-bond acceptors (Lipinski definition) is 10. The number of amides is 2. The second-order valence-electron chi connectivity index (χ2n) is 11.2. The molecule has 11 nitrogen and oxygen atoms in total. The van der Waals surface area contributed by atoms with E-state index in [1.165, 1.54) is 6.20 Å². The number of benzene rings is 3. The highest BCUT2D eigenvalue weighted by Crippen LogP contribution is 2.37. The smallest absolute Gasteiger partial charge is 0.314 e. The Balaban J connectivity index is 1.30. The summed E-state index contributed by atoms with van der Waals surface area (Å²) in [6, 6.07) is 21.3. The third-order valence-corrected chi connectivity index (χ3v) is 8.28. The molecule has 1 aromatic heterocycles. The van der Waals surface area contributed by atoms with Crippen LogP contribution < -0.4 is 34.9 Å². The Morgan fingerprint density at radius 1 is 0.898 bits per heavy atom. The fraction of sp³-hybridized carbons (Fsp3) is 0.297. The number of urea groups is 1. The van der Waals surface area contributed by atoms with Gasteiger partial charge in [-0.3, -0.25) is 4.98 Å². The normalized spacial score (nSPS) is 11.6. The van der Waals surface area contributed by atoms with Gasteiger partial charge in [0, 0.05) is 67.1 Å². The van der Waals surface area contributed by atoms with Gasteiger partial charge < -0.3 is 34.9 Å². The number of aryl methyl sites for hydroxylation is 1. The monoisotopic (exact) mass is 678 g/mol. The number of fused-ring (bicyclic) bond motifs is 1. The van der Waals surface area contributed by atoms with Crippen molar-refractivity contribution >= 4 is 17.8 Å². The van der Waals surface area contributed by atoms with Crippen LogP contribution in [0.4, 0.5) is 4.79 Å². The Hall–Kier alpha value is -5.43. The van der Waals surface area contributed by atoms with E-state index in [0.29, 0.717) is 73.5 Å². The molecule has 5 rings (SSSR count). The summed E-state index contributed by atoms with van der Waals surface area (Å²) in [6.07, 6.45) is 5.17. The molecule has 0 radical (unpaired) electrons. The zero-order valence-electron chi connectivity index (χ0n) is 27.5. The number of nitriles is 2. The van der Waals surface area contributed by atoms with E-state index in [1.54, 1.807) is 24.0 Å². The van der Waals surface area contributed by atoms with Crippen LogP contribution in [-0.4, -0.2) is 55.9 Å². The summed E-state index contributed by atoms with van der Waals surface area (Å²) in [5.41, 5.74) is 5.90. The van der Waals surface area contributed by atoms with Gasteiger partial charge in [-0.15, -0.1) is 0 Å². The molecule has 0 bridgehead atoms. The molecule has 0 aliphatic carbocycles. The van der Waals surface area contributed by atoms with Crippen molar-refractivity contribution in [1.29, 1.82) is 10.5 Å². The minimum absolute atomic E-state index is 0.165. The third-order valence-electron chi connectivity index (χ3n) is 7.67. The van der Waals surface area contributed by atoms with E-state index >= 15 is 0 Å². The minimum atomic E-state index is -0.193. The van der Waals surface area contributed by atoms with Crippen molar-refractivity contribution in [3.8, 4) is 46.3 Å². The molecule has 0 unspecified atom stereocenters. The van der Waals surface area contributed by atoms with Crippen molar-refractivity contribution in [3.63, 3.8) is 0 Å². The average Bonchev–Trinajstić information content (AvgIpc) is 3.13. The third kappa shape index (κ3) is 9.57. The number of carbonyl (C=O) groups excluding carboxylic acids is 1. The topological polar surface area (TPSA) is 151 Å². The molecular formula is C37H38N6O5S. The Kier molecular flexibility index (Phi) is 12.6. The molecule has 3 aromatic carbocycles. The number of nitrogens with one attached hydrogen (secondary N) is 3. The molecule has 49 heavy (non-hydrogen) atoms. The summed E-state index contributed by atoms with van der Waals surface area (Å²) in [7, 11) is 0. The lowest BCUT2D eigenvalue weighted by Crippen LogP contribution is -2.39. The quantitative estimate of drug-likeness (QED) is 0.138. The van der Waals surface area contributed by atoms with E-state index in [1.807, 2.05) is 61.7 Å². The lowest BCUT2D eigenvalue weighted by atomic mass is 9.96. The lowest BCUT2D eigenvalue weighted by Gasteiger charge is -2.19. The molecule has 1 aliphatic heterocycles. The second kappa shape index (κ2) is 17.6. The minimum Gasteiger partial charge on any atom is -0.488 e. The van der Waals surface area contributed by atoms with Crippen LogP contribution >= 0.6 is 11.8 Å². The van der Waals surface area contributed by atoms with Crippen LogP contribution in [0.1, 0.15) is 33.4 Å². The lowest BCUT2D eigenvalue weighted by molar-refractivity contribution is 0.171. The molecule has 4 aromatic rings. The van der Waals surface area contributed by atoms with Crippen LogP contribution in [0.25, 0.3) is 11.1 Å². The first-order chi connectivity index (χ1) is 24.0. The van der Waals surface area contributed by atoms with E-state index in [0.717, 1.165) is 39.1 Å². The molecule has 252 valence electrons. The number of hydrogen-bond donors (Lipinski definition) is 3. The van der Waals surface area contributed by atoms with E-state index in [-0.39, 0.29) is 19.2 Å². The zero-order chi connectivity index (χ0) is 34.4. The number of thioether (sulfide) groups is 1. The fourth-order valence-electron chi connectivity index (χ4n) is 5.22. The summed E-state index contributed by atoms with van der Waals surface area (Å²) < 4.78 is 24.0. The van der Waals surface area contributed by atoms with Crippen LogP contribution in [-0.2, 0) is 19.8 Å². The van der Waals surface area contributed by atoms with Gasteiger partial charge in [-0.2, -0.15) is 22.3 Å². The first-order valence-electron chi connectivity index (χ1n) is 15.9. The highest BCUT2D eigenvalue weighted by molar-refractivity contribution is 7.98. The molecule has 0 fully saturated rings. The largest absolute Gasteiger partial charge is 0.488 e. The molecule has 2 amide bonds. The summed E-state index contributed by atoms with van der Waals surface area (Å²) in [5.74, 6) is 3.42. The number of rotatable bonds is 15. The number of ether oxygens (including phenoxy) is 4. The van der Waals surface area contributed by atoms with Gasteiger partial charge in [0.2, 0.25) is 0 Å². The Labute approximate surface area is 290 Å².